The molecule has 0 saturated carbocycles. The van der Waals surface area contributed by atoms with Crippen LogP contribution in [0, 0.1) is 0 Å². The molecule has 5 rings (SSSR count). The minimum atomic E-state index is -0.268. The second kappa shape index (κ2) is 8.03. The van der Waals surface area contributed by atoms with E-state index in [9.17, 15) is 0 Å². The standard InChI is InChI=1S/C24H24N2O3S/c1-3-27-18-10-8-16(9-11-18)20-14-21-19-6-5-7-22(28-4-2)23(19)29-24(26(21)25-20)17-12-13-30-15-17/h5-13,15,21,24H,3-4,14H2,1-2H3/t21-,24+/m0/s1. The first kappa shape index (κ1) is 19.0. The lowest BCUT2D eigenvalue weighted by molar-refractivity contribution is -0.0209. The Morgan fingerprint density at radius 1 is 1.07 bits per heavy atom. The Balaban J connectivity index is 1.54. The molecule has 6 heteroatoms. The molecular weight excluding hydrogens is 396 g/mol. The molecule has 5 nitrogen and oxygen atoms in total. The van der Waals surface area contributed by atoms with Gasteiger partial charge in [-0.25, -0.2) is 5.01 Å². The summed E-state index contributed by atoms with van der Waals surface area (Å²) in [7, 11) is 0. The smallest absolute Gasteiger partial charge is 0.214 e. The van der Waals surface area contributed by atoms with Crippen LogP contribution in [0.3, 0.4) is 0 Å². The third-order valence-corrected chi connectivity index (χ3v) is 6.11. The zero-order valence-electron chi connectivity index (χ0n) is 17.1. The zero-order valence-corrected chi connectivity index (χ0v) is 17.9. The number of thiophene rings is 1. The molecule has 2 aliphatic rings. The van der Waals surface area contributed by atoms with Gasteiger partial charge in [0.15, 0.2) is 11.5 Å². The molecule has 0 unspecified atom stereocenters. The molecule has 2 atom stereocenters. The molecule has 0 aliphatic carbocycles. The lowest BCUT2D eigenvalue weighted by Gasteiger charge is -2.38. The van der Waals surface area contributed by atoms with Gasteiger partial charge < -0.3 is 14.2 Å². The average molecular weight is 421 g/mol. The van der Waals surface area contributed by atoms with Gasteiger partial charge in [-0.2, -0.15) is 16.4 Å². The van der Waals surface area contributed by atoms with Gasteiger partial charge in [0, 0.05) is 17.5 Å². The Morgan fingerprint density at radius 3 is 2.63 bits per heavy atom. The fraction of sp³-hybridized carbons (Fsp3) is 0.292. The SMILES string of the molecule is CCOc1ccc(C2=NN3[C@@H](c4ccsc4)Oc4c(OCC)cccc4[C@@H]3C2)cc1. The zero-order chi connectivity index (χ0) is 20.5. The van der Waals surface area contributed by atoms with Crippen LogP contribution in [0.25, 0.3) is 0 Å². The predicted molar refractivity (Wildman–Crippen MR) is 119 cm³/mol. The highest BCUT2D eigenvalue weighted by Gasteiger charge is 2.42. The Morgan fingerprint density at radius 2 is 1.90 bits per heavy atom. The lowest BCUT2D eigenvalue weighted by Crippen LogP contribution is -2.33. The van der Waals surface area contributed by atoms with Crippen molar-refractivity contribution >= 4 is 17.0 Å². The van der Waals surface area contributed by atoms with Gasteiger partial charge in [-0.15, -0.1) is 0 Å². The highest BCUT2D eigenvalue weighted by Crippen LogP contribution is 2.50. The molecule has 0 fully saturated rings. The number of para-hydroxylation sites is 1. The van der Waals surface area contributed by atoms with Crippen molar-refractivity contribution < 1.29 is 14.2 Å². The van der Waals surface area contributed by atoms with Gasteiger partial charge in [0.05, 0.1) is 25.0 Å². The fourth-order valence-corrected chi connectivity index (χ4v) is 4.74. The topological polar surface area (TPSA) is 43.3 Å². The summed E-state index contributed by atoms with van der Waals surface area (Å²) in [4.78, 5) is 0. The number of nitrogens with zero attached hydrogens (tertiary/aromatic N) is 2. The van der Waals surface area contributed by atoms with E-state index in [1.165, 1.54) is 0 Å². The molecule has 30 heavy (non-hydrogen) atoms. The summed E-state index contributed by atoms with van der Waals surface area (Å²) < 4.78 is 17.9. The molecule has 1 aromatic heterocycles. The van der Waals surface area contributed by atoms with Crippen molar-refractivity contribution in [2.45, 2.75) is 32.5 Å². The third-order valence-electron chi connectivity index (χ3n) is 5.41. The molecule has 3 aromatic rings. The lowest BCUT2D eigenvalue weighted by atomic mass is 9.95. The van der Waals surface area contributed by atoms with Crippen molar-refractivity contribution in [2.75, 3.05) is 13.2 Å². The maximum absolute atomic E-state index is 6.49. The third kappa shape index (κ3) is 3.31. The van der Waals surface area contributed by atoms with Gasteiger partial charge in [0.25, 0.3) is 0 Å². The average Bonchev–Trinajstić information content (AvgIpc) is 3.45. The van der Waals surface area contributed by atoms with Crippen LogP contribution in [-0.2, 0) is 0 Å². The van der Waals surface area contributed by atoms with Crippen LogP contribution in [-0.4, -0.2) is 23.9 Å². The van der Waals surface area contributed by atoms with Crippen LogP contribution < -0.4 is 14.2 Å². The van der Waals surface area contributed by atoms with E-state index in [0.29, 0.717) is 13.2 Å². The van der Waals surface area contributed by atoms with E-state index in [1.54, 1.807) is 11.3 Å². The summed E-state index contributed by atoms with van der Waals surface area (Å²) in [5, 5.41) is 11.3. The van der Waals surface area contributed by atoms with Gasteiger partial charge >= 0.3 is 0 Å². The molecule has 0 radical (unpaired) electrons. The van der Waals surface area contributed by atoms with E-state index in [1.807, 2.05) is 38.1 Å². The monoisotopic (exact) mass is 420 g/mol. The fourth-order valence-electron chi connectivity index (χ4n) is 4.07. The van der Waals surface area contributed by atoms with Gasteiger partial charge in [-0.05, 0) is 66.6 Å². The summed E-state index contributed by atoms with van der Waals surface area (Å²) in [6.45, 7) is 5.25. The minimum Gasteiger partial charge on any atom is -0.494 e. The van der Waals surface area contributed by atoms with Crippen molar-refractivity contribution in [3.05, 3.63) is 76.0 Å². The Hall–Kier alpha value is -2.99. The first-order chi connectivity index (χ1) is 14.8. The Labute approximate surface area is 180 Å². The second-order valence-corrected chi connectivity index (χ2v) is 8.02. The first-order valence-electron chi connectivity index (χ1n) is 10.3. The number of hydrazone groups is 1. The molecule has 0 saturated heterocycles. The van der Waals surface area contributed by atoms with E-state index >= 15 is 0 Å². The number of ether oxygens (including phenoxy) is 3. The first-order valence-corrected chi connectivity index (χ1v) is 11.3. The molecular formula is C24H24N2O3S. The van der Waals surface area contributed by atoms with Crippen LogP contribution in [0.1, 0.15) is 49.2 Å². The Bertz CT molecular complexity index is 1050. The summed E-state index contributed by atoms with van der Waals surface area (Å²) in [5.74, 6) is 2.51. The van der Waals surface area contributed by atoms with Crippen molar-refractivity contribution in [1.29, 1.82) is 0 Å². The molecule has 154 valence electrons. The largest absolute Gasteiger partial charge is 0.494 e. The molecule has 3 heterocycles. The van der Waals surface area contributed by atoms with Crippen LogP contribution in [0.5, 0.6) is 17.2 Å². The minimum absolute atomic E-state index is 0.112. The maximum atomic E-state index is 6.49. The van der Waals surface area contributed by atoms with E-state index < -0.39 is 0 Å². The summed E-state index contributed by atoms with van der Waals surface area (Å²) >= 11 is 1.67. The van der Waals surface area contributed by atoms with Crippen molar-refractivity contribution in [2.24, 2.45) is 5.10 Å². The van der Waals surface area contributed by atoms with Crippen LogP contribution in [0.15, 0.2) is 64.4 Å². The molecule has 2 aromatic carbocycles. The summed E-state index contributed by atoms with van der Waals surface area (Å²) in [6.07, 6.45) is 0.552. The van der Waals surface area contributed by atoms with Crippen LogP contribution in [0.4, 0.5) is 0 Å². The van der Waals surface area contributed by atoms with Crippen molar-refractivity contribution in [3.8, 4) is 17.2 Å². The summed E-state index contributed by atoms with van der Waals surface area (Å²) in [6, 6.07) is 16.5. The molecule has 0 N–H and O–H groups in total. The molecule has 0 spiro atoms. The number of fused-ring (bicyclic) bond motifs is 3. The van der Waals surface area contributed by atoms with Crippen LogP contribution >= 0.6 is 11.3 Å². The quantitative estimate of drug-likeness (QED) is 0.506. The molecule has 2 aliphatic heterocycles. The van der Waals surface area contributed by atoms with E-state index in [-0.39, 0.29) is 12.3 Å². The molecule has 0 amide bonds. The van der Waals surface area contributed by atoms with E-state index in [2.05, 4.69) is 40.0 Å². The van der Waals surface area contributed by atoms with E-state index in [0.717, 1.165) is 46.1 Å². The highest BCUT2D eigenvalue weighted by atomic mass is 32.1. The van der Waals surface area contributed by atoms with Crippen LogP contribution in [0.2, 0.25) is 0 Å². The maximum Gasteiger partial charge on any atom is 0.214 e. The predicted octanol–water partition coefficient (Wildman–Crippen LogP) is 5.79. The van der Waals surface area contributed by atoms with Gasteiger partial charge in [-0.1, -0.05) is 12.1 Å². The van der Waals surface area contributed by atoms with Crippen molar-refractivity contribution in [3.63, 3.8) is 0 Å². The summed E-state index contributed by atoms with van der Waals surface area (Å²) in [5.41, 5.74) is 4.40. The number of hydrogen-bond acceptors (Lipinski definition) is 6. The van der Waals surface area contributed by atoms with E-state index in [4.69, 9.17) is 19.3 Å². The molecule has 0 bridgehead atoms. The number of benzene rings is 2. The van der Waals surface area contributed by atoms with Crippen molar-refractivity contribution in [1.82, 2.24) is 5.01 Å². The number of rotatable bonds is 6. The number of hydrogen-bond donors (Lipinski definition) is 0. The second-order valence-electron chi connectivity index (χ2n) is 7.24. The normalized spacial score (nSPS) is 19.5. The van der Waals surface area contributed by atoms with Gasteiger partial charge in [-0.3, -0.25) is 0 Å². The highest BCUT2D eigenvalue weighted by molar-refractivity contribution is 7.07. The Kier molecular flexibility index (Phi) is 5.09. The van der Waals surface area contributed by atoms with Gasteiger partial charge in [0.1, 0.15) is 5.75 Å². The van der Waals surface area contributed by atoms with Gasteiger partial charge in [0.2, 0.25) is 6.23 Å².